The van der Waals surface area contributed by atoms with Crippen molar-refractivity contribution in [3.63, 3.8) is 0 Å². The summed E-state index contributed by atoms with van der Waals surface area (Å²) < 4.78 is 5.10. The molecule has 0 saturated carbocycles. The molecule has 2 aromatic rings. The van der Waals surface area contributed by atoms with E-state index in [2.05, 4.69) is 25.9 Å². The van der Waals surface area contributed by atoms with E-state index < -0.39 is 11.8 Å². The van der Waals surface area contributed by atoms with Gasteiger partial charge in [-0.1, -0.05) is 6.07 Å². The van der Waals surface area contributed by atoms with Crippen molar-refractivity contribution in [3.8, 4) is 5.75 Å². The van der Waals surface area contributed by atoms with Crippen molar-refractivity contribution >= 4 is 17.5 Å². The fourth-order valence-corrected chi connectivity index (χ4v) is 1.26. The summed E-state index contributed by atoms with van der Waals surface area (Å²) in [6.07, 6.45) is 0. The number of benzene rings is 1. The first kappa shape index (κ1) is 12.5. The zero-order valence-electron chi connectivity index (χ0n) is 9.66. The number of nitrogens with one attached hydrogen (secondary N) is 2. The van der Waals surface area contributed by atoms with Crippen molar-refractivity contribution in [3.05, 3.63) is 30.1 Å². The topological polar surface area (TPSA) is 136 Å². The van der Waals surface area contributed by atoms with Gasteiger partial charge < -0.3 is 15.8 Å². The summed E-state index contributed by atoms with van der Waals surface area (Å²) in [6, 6.07) is 6.48. The van der Waals surface area contributed by atoms with Crippen LogP contribution >= 0.6 is 0 Å². The molecule has 1 aromatic carbocycles. The van der Waals surface area contributed by atoms with Gasteiger partial charge in [-0.15, -0.1) is 10.2 Å². The number of rotatable bonds is 5. The number of nitrogens with zero attached hydrogens (tertiary/aromatic N) is 3. The fraction of sp³-hybridized carbons (Fsp3) is 0.100. The maximum atomic E-state index is 11.6. The Balaban J connectivity index is 2.02. The number of hydrogen-bond donors (Lipinski definition) is 3. The number of hydrogen-bond acceptors (Lipinski definition) is 6. The average Bonchev–Trinajstić information content (AvgIpc) is 2.91. The molecule has 2 amide bonds. The molecule has 9 nitrogen and oxygen atoms in total. The summed E-state index contributed by atoms with van der Waals surface area (Å²) in [5.41, 5.74) is 5.43. The number of carbonyl (C=O) groups excluding carboxylic acids is 2. The van der Waals surface area contributed by atoms with Crippen LogP contribution in [-0.4, -0.2) is 39.0 Å². The minimum Gasteiger partial charge on any atom is -0.484 e. The third-order valence-corrected chi connectivity index (χ3v) is 2.02. The normalized spacial score (nSPS) is 9.89. The van der Waals surface area contributed by atoms with Gasteiger partial charge in [-0.3, -0.25) is 9.59 Å². The fourth-order valence-electron chi connectivity index (χ4n) is 1.26. The number of H-pyrrole nitrogens is 1. The number of aromatic nitrogens is 4. The molecule has 2 rings (SSSR count). The van der Waals surface area contributed by atoms with E-state index in [9.17, 15) is 9.59 Å². The van der Waals surface area contributed by atoms with Crippen LogP contribution in [0.5, 0.6) is 5.75 Å². The first-order valence-electron chi connectivity index (χ1n) is 5.21. The van der Waals surface area contributed by atoms with Gasteiger partial charge in [0, 0.05) is 11.8 Å². The van der Waals surface area contributed by atoms with Crippen LogP contribution in [-0.2, 0) is 4.79 Å². The van der Waals surface area contributed by atoms with Crippen molar-refractivity contribution in [1.29, 1.82) is 0 Å². The highest BCUT2D eigenvalue weighted by molar-refractivity contribution is 6.01. The van der Waals surface area contributed by atoms with Crippen LogP contribution in [0.25, 0.3) is 0 Å². The minimum atomic E-state index is -0.582. The molecule has 0 aliphatic rings. The van der Waals surface area contributed by atoms with Gasteiger partial charge >= 0.3 is 0 Å². The summed E-state index contributed by atoms with van der Waals surface area (Å²) in [6.45, 7) is -0.234. The van der Waals surface area contributed by atoms with Gasteiger partial charge in [0.15, 0.2) is 6.61 Å². The van der Waals surface area contributed by atoms with Crippen LogP contribution in [0.4, 0.5) is 5.69 Å². The van der Waals surface area contributed by atoms with E-state index in [0.29, 0.717) is 11.4 Å². The summed E-state index contributed by atoms with van der Waals surface area (Å²) in [7, 11) is 0. The van der Waals surface area contributed by atoms with Crippen molar-refractivity contribution in [1.82, 2.24) is 20.6 Å². The maximum Gasteiger partial charge on any atom is 0.297 e. The number of anilines is 1. The Morgan fingerprint density at radius 3 is 2.95 bits per heavy atom. The van der Waals surface area contributed by atoms with E-state index in [0.717, 1.165) is 0 Å². The predicted octanol–water partition coefficient (Wildman–Crippen LogP) is -0.684. The summed E-state index contributed by atoms with van der Waals surface area (Å²) in [5, 5.41) is 15.1. The van der Waals surface area contributed by atoms with E-state index in [-0.39, 0.29) is 12.4 Å². The highest BCUT2D eigenvalue weighted by atomic mass is 16.5. The van der Waals surface area contributed by atoms with Crippen LogP contribution in [0.15, 0.2) is 24.3 Å². The Morgan fingerprint density at radius 1 is 1.42 bits per heavy atom. The quantitative estimate of drug-likeness (QED) is 0.652. The highest BCUT2D eigenvalue weighted by Gasteiger charge is 2.11. The highest BCUT2D eigenvalue weighted by Crippen LogP contribution is 2.17. The SMILES string of the molecule is NC(=O)COc1cccc(NC(=O)c2nn[nH]n2)c1. The van der Waals surface area contributed by atoms with Crippen LogP contribution < -0.4 is 15.8 Å². The first-order chi connectivity index (χ1) is 9.15. The van der Waals surface area contributed by atoms with Crippen LogP contribution in [0.1, 0.15) is 10.6 Å². The number of ether oxygens (including phenoxy) is 1. The van der Waals surface area contributed by atoms with E-state index in [1.54, 1.807) is 24.3 Å². The second-order valence-corrected chi connectivity index (χ2v) is 3.47. The molecule has 0 atom stereocenters. The third-order valence-electron chi connectivity index (χ3n) is 2.02. The van der Waals surface area contributed by atoms with Gasteiger partial charge in [-0.25, -0.2) is 0 Å². The molecule has 0 spiro atoms. The Labute approximate surface area is 107 Å². The number of primary amides is 1. The lowest BCUT2D eigenvalue weighted by molar-refractivity contribution is -0.119. The van der Waals surface area contributed by atoms with Gasteiger partial charge in [0.1, 0.15) is 5.75 Å². The molecule has 0 unspecified atom stereocenters. The van der Waals surface area contributed by atoms with E-state index >= 15 is 0 Å². The van der Waals surface area contributed by atoms with Gasteiger partial charge in [0.05, 0.1) is 0 Å². The van der Waals surface area contributed by atoms with Crippen molar-refractivity contribution in [2.75, 3.05) is 11.9 Å². The number of tetrazole rings is 1. The molecule has 1 aromatic heterocycles. The molecule has 98 valence electrons. The van der Waals surface area contributed by atoms with Crippen LogP contribution in [0.2, 0.25) is 0 Å². The summed E-state index contributed by atoms with van der Waals surface area (Å²) >= 11 is 0. The smallest absolute Gasteiger partial charge is 0.297 e. The van der Waals surface area contributed by atoms with Gasteiger partial charge in [0.25, 0.3) is 17.6 Å². The number of carbonyl (C=O) groups is 2. The monoisotopic (exact) mass is 262 g/mol. The lowest BCUT2D eigenvalue weighted by Crippen LogP contribution is -2.20. The number of aromatic amines is 1. The molecule has 19 heavy (non-hydrogen) atoms. The molecule has 1 heterocycles. The largest absolute Gasteiger partial charge is 0.484 e. The molecule has 0 bridgehead atoms. The van der Waals surface area contributed by atoms with Crippen LogP contribution in [0.3, 0.4) is 0 Å². The Morgan fingerprint density at radius 2 is 2.26 bits per heavy atom. The molecule has 9 heteroatoms. The molecule has 0 radical (unpaired) electrons. The third kappa shape index (κ3) is 3.49. The zero-order chi connectivity index (χ0) is 13.7. The summed E-state index contributed by atoms with van der Waals surface area (Å²) in [5.74, 6) is -0.768. The zero-order valence-corrected chi connectivity index (χ0v) is 9.66. The molecular formula is C10H10N6O3. The second kappa shape index (κ2) is 5.58. The number of nitrogens with two attached hydrogens (primary N) is 1. The first-order valence-corrected chi connectivity index (χ1v) is 5.21. The average molecular weight is 262 g/mol. The molecular weight excluding hydrogens is 252 g/mol. The second-order valence-electron chi connectivity index (χ2n) is 3.47. The standard InChI is InChI=1S/C10H10N6O3/c11-8(17)5-19-7-3-1-2-6(4-7)12-10(18)9-13-15-16-14-9/h1-4H,5H2,(H2,11,17)(H,12,18)(H,13,14,15,16). The van der Waals surface area contributed by atoms with Crippen molar-refractivity contribution in [2.45, 2.75) is 0 Å². The van der Waals surface area contributed by atoms with Crippen molar-refractivity contribution in [2.24, 2.45) is 5.73 Å². The lowest BCUT2D eigenvalue weighted by Gasteiger charge is -2.06. The molecule has 0 fully saturated rings. The van der Waals surface area contributed by atoms with Gasteiger partial charge in [-0.2, -0.15) is 5.21 Å². The lowest BCUT2D eigenvalue weighted by atomic mass is 10.3. The van der Waals surface area contributed by atoms with Crippen molar-refractivity contribution < 1.29 is 14.3 Å². The maximum absolute atomic E-state index is 11.6. The molecule has 4 N–H and O–H groups in total. The van der Waals surface area contributed by atoms with E-state index in [1.807, 2.05) is 0 Å². The predicted molar refractivity (Wildman–Crippen MR) is 63.3 cm³/mol. The molecule has 0 aliphatic carbocycles. The Hall–Kier alpha value is -2.97. The van der Waals surface area contributed by atoms with Gasteiger partial charge in [-0.05, 0) is 17.3 Å². The van der Waals surface area contributed by atoms with Gasteiger partial charge in [0.2, 0.25) is 0 Å². The van der Waals surface area contributed by atoms with Crippen LogP contribution in [0, 0.1) is 0 Å². The minimum absolute atomic E-state index is 0.0801. The molecule has 0 saturated heterocycles. The molecule has 0 aliphatic heterocycles. The Bertz CT molecular complexity index is 583. The van der Waals surface area contributed by atoms with E-state index in [1.165, 1.54) is 0 Å². The number of amides is 2. The Kier molecular flexibility index (Phi) is 3.67. The van der Waals surface area contributed by atoms with E-state index in [4.69, 9.17) is 10.5 Å². The summed E-state index contributed by atoms with van der Waals surface area (Å²) in [4.78, 5) is 22.2.